The molecule has 1 spiro atoms. The average molecular weight is 371 g/mol. The van der Waals surface area contributed by atoms with Crippen LogP contribution in [0.5, 0.6) is 11.5 Å². The maximum absolute atomic E-state index is 10.1. The molecule has 0 bridgehead atoms. The lowest BCUT2D eigenvalue weighted by atomic mass is 9.68. The first-order chi connectivity index (χ1) is 12.5. The number of hydrogen-bond donors (Lipinski definition) is 2. The Balaban J connectivity index is 1.90. The van der Waals surface area contributed by atoms with Crippen LogP contribution in [0.15, 0.2) is 18.2 Å². The third-order valence-corrected chi connectivity index (χ3v) is 6.12. The van der Waals surface area contributed by atoms with Gasteiger partial charge in [-0.15, -0.1) is 0 Å². The number of methoxy groups -OCH3 is 1. The zero-order chi connectivity index (χ0) is 18.5. The van der Waals surface area contributed by atoms with Gasteiger partial charge in [0, 0.05) is 25.1 Å². The summed E-state index contributed by atoms with van der Waals surface area (Å²) in [6.45, 7) is 3.37. The summed E-state index contributed by atoms with van der Waals surface area (Å²) in [7, 11) is 1.65. The highest BCUT2D eigenvalue weighted by Crippen LogP contribution is 2.56. The van der Waals surface area contributed by atoms with E-state index in [0.717, 1.165) is 34.6 Å². The summed E-state index contributed by atoms with van der Waals surface area (Å²) in [4.78, 5) is 2.02. The fourth-order valence-electron chi connectivity index (χ4n) is 4.47. The van der Waals surface area contributed by atoms with E-state index in [1.165, 1.54) is 0 Å². The van der Waals surface area contributed by atoms with Crippen molar-refractivity contribution in [3.8, 4) is 17.7 Å². The van der Waals surface area contributed by atoms with Crippen LogP contribution in [0.25, 0.3) is 0 Å². The van der Waals surface area contributed by atoms with E-state index in [4.69, 9.17) is 27.0 Å². The van der Waals surface area contributed by atoms with Crippen LogP contribution < -0.4 is 14.8 Å². The minimum absolute atomic E-state index is 0.135. The zero-order valence-corrected chi connectivity index (χ0v) is 15.6. The van der Waals surface area contributed by atoms with E-state index in [9.17, 15) is 5.11 Å². The number of ether oxygens (including phenoxy) is 2. The van der Waals surface area contributed by atoms with Crippen molar-refractivity contribution in [3.05, 3.63) is 34.9 Å². The summed E-state index contributed by atoms with van der Waals surface area (Å²) in [6.07, 6.45) is 6.59. The molecule has 0 aromatic heterocycles. The second-order valence-corrected chi connectivity index (χ2v) is 7.49. The normalized spacial score (nSPS) is 28.3. The molecular formula is C19H21N3O3S. The largest absolute Gasteiger partial charge is 0.493 e. The third kappa shape index (κ3) is 2.37. The van der Waals surface area contributed by atoms with E-state index in [1.54, 1.807) is 7.11 Å². The van der Waals surface area contributed by atoms with Crippen molar-refractivity contribution in [3.63, 3.8) is 0 Å². The van der Waals surface area contributed by atoms with E-state index in [2.05, 4.69) is 18.3 Å². The highest BCUT2D eigenvalue weighted by Gasteiger charge is 2.53. The number of aryl methyl sites for hydroxylation is 1. The summed E-state index contributed by atoms with van der Waals surface area (Å²) in [5.74, 6) is 1.50. The molecule has 1 aromatic rings. The molecule has 0 saturated heterocycles. The van der Waals surface area contributed by atoms with Crippen LogP contribution in [0.4, 0.5) is 0 Å². The van der Waals surface area contributed by atoms with Crippen molar-refractivity contribution in [2.24, 2.45) is 0 Å². The first-order valence-electron chi connectivity index (χ1n) is 8.69. The molecule has 0 radical (unpaired) electrons. The number of benzene rings is 1. The van der Waals surface area contributed by atoms with Crippen molar-refractivity contribution in [2.45, 2.75) is 43.9 Å². The van der Waals surface area contributed by atoms with Gasteiger partial charge in [-0.2, -0.15) is 5.26 Å². The molecule has 26 heavy (non-hydrogen) atoms. The number of rotatable bonds is 1. The standard InChI is InChI=1S/C19H21N3O3S/c1-11-7-14(24-2)17-16-13(11)9-22(18(26)21-10-20)6-5-19(16)4-3-12(23)8-15(19)25-17/h3-4,7,12,15,23H,5-6,8-9H2,1-2H3,(H,21,26)/t12-,15+,19+/m0/s1. The van der Waals surface area contributed by atoms with Gasteiger partial charge in [0.2, 0.25) is 0 Å². The number of aliphatic hydroxyl groups is 1. The minimum Gasteiger partial charge on any atom is -0.493 e. The van der Waals surface area contributed by atoms with E-state index >= 15 is 0 Å². The Bertz CT molecular complexity index is 847. The molecule has 2 aliphatic heterocycles. The van der Waals surface area contributed by atoms with Crippen molar-refractivity contribution >= 4 is 17.3 Å². The average Bonchev–Trinajstić information content (AvgIpc) is 2.83. The lowest BCUT2D eigenvalue weighted by Crippen LogP contribution is -2.44. The minimum atomic E-state index is -0.504. The summed E-state index contributed by atoms with van der Waals surface area (Å²) in [5.41, 5.74) is 3.10. The van der Waals surface area contributed by atoms with Gasteiger partial charge in [0.05, 0.1) is 18.6 Å². The Hall–Kier alpha value is -2.30. The van der Waals surface area contributed by atoms with Crippen molar-refractivity contribution in [2.75, 3.05) is 13.7 Å². The molecule has 2 N–H and O–H groups in total. The predicted octanol–water partition coefficient (Wildman–Crippen LogP) is 1.88. The molecule has 0 fully saturated rings. The molecular weight excluding hydrogens is 350 g/mol. The second kappa shape index (κ2) is 6.15. The van der Waals surface area contributed by atoms with Crippen LogP contribution in [0.2, 0.25) is 0 Å². The van der Waals surface area contributed by atoms with Gasteiger partial charge < -0.3 is 19.5 Å². The molecule has 7 heteroatoms. The van der Waals surface area contributed by atoms with Crippen LogP contribution in [0, 0.1) is 18.4 Å². The molecule has 136 valence electrons. The monoisotopic (exact) mass is 371 g/mol. The van der Waals surface area contributed by atoms with Gasteiger partial charge in [0.15, 0.2) is 22.8 Å². The van der Waals surface area contributed by atoms with Gasteiger partial charge in [-0.05, 0) is 42.8 Å². The molecule has 1 aromatic carbocycles. The van der Waals surface area contributed by atoms with Crippen LogP contribution >= 0.6 is 12.2 Å². The molecule has 4 rings (SSSR count). The van der Waals surface area contributed by atoms with E-state index in [0.29, 0.717) is 24.6 Å². The van der Waals surface area contributed by atoms with Gasteiger partial charge in [-0.25, -0.2) is 0 Å². The smallest absolute Gasteiger partial charge is 0.183 e. The molecule has 3 aliphatic rings. The Morgan fingerprint density at radius 1 is 1.58 bits per heavy atom. The second-order valence-electron chi connectivity index (χ2n) is 7.10. The SMILES string of the molecule is COc1cc(C)c2c3c1O[C@@H]1C[C@@H](O)C=C[C@]31CCN(C(=S)NC#N)C2. The van der Waals surface area contributed by atoms with Gasteiger partial charge >= 0.3 is 0 Å². The number of nitrogens with zero attached hydrogens (tertiary/aromatic N) is 2. The fourth-order valence-corrected chi connectivity index (χ4v) is 4.67. The van der Waals surface area contributed by atoms with Gasteiger partial charge in [0.1, 0.15) is 6.10 Å². The van der Waals surface area contributed by atoms with E-state index in [-0.39, 0.29) is 11.5 Å². The fraction of sp³-hybridized carbons (Fsp3) is 0.474. The van der Waals surface area contributed by atoms with Crippen molar-refractivity contribution in [1.82, 2.24) is 10.2 Å². The van der Waals surface area contributed by atoms with Gasteiger partial charge in [-0.1, -0.05) is 12.2 Å². The number of aliphatic hydroxyl groups excluding tert-OH is 1. The lowest BCUT2D eigenvalue weighted by Gasteiger charge is -2.36. The molecule has 0 amide bonds. The van der Waals surface area contributed by atoms with Crippen molar-refractivity contribution in [1.29, 1.82) is 5.26 Å². The van der Waals surface area contributed by atoms with Crippen LogP contribution in [0.1, 0.15) is 29.5 Å². The van der Waals surface area contributed by atoms with Crippen LogP contribution in [-0.4, -0.2) is 41.0 Å². The molecule has 1 aliphatic carbocycles. The van der Waals surface area contributed by atoms with Gasteiger partial charge in [-0.3, -0.25) is 5.32 Å². The molecule has 2 heterocycles. The number of hydrogen-bond acceptors (Lipinski definition) is 5. The molecule has 6 nitrogen and oxygen atoms in total. The topological polar surface area (TPSA) is 77.8 Å². The third-order valence-electron chi connectivity index (χ3n) is 5.76. The summed E-state index contributed by atoms with van der Waals surface area (Å²) in [5, 5.41) is 22.1. The quantitative estimate of drug-likeness (QED) is 0.338. The Kier molecular flexibility index (Phi) is 4.05. The Morgan fingerprint density at radius 2 is 2.38 bits per heavy atom. The highest BCUT2D eigenvalue weighted by molar-refractivity contribution is 7.80. The van der Waals surface area contributed by atoms with Crippen molar-refractivity contribution < 1.29 is 14.6 Å². The Labute approximate surface area is 158 Å². The van der Waals surface area contributed by atoms with E-state index in [1.807, 2.05) is 23.2 Å². The summed E-state index contributed by atoms with van der Waals surface area (Å²) in [6, 6.07) is 1.99. The first-order valence-corrected chi connectivity index (χ1v) is 9.10. The van der Waals surface area contributed by atoms with Crippen LogP contribution in [-0.2, 0) is 12.0 Å². The molecule has 0 unspecified atom stereocenters. The van der Waals surface area contributed by atoms with Gasteiger partial charge in [0.25, 0.3) is 0 Å². The first kappa shape index (κ1) is 17.1. The maximum Gasteiger partial charge on any atom is 0.183 e. The summed E-state index contributed by atoms with van der Waals surface area (Å²) >= 11 is 5.39. The number of nitrogens with one attached hydrogen (secondary N) is 1. The van der Waals surface area contributed by atoms with Crippen LogP contribution in [0.3, 0.4) is 0 Å². The highest BCUT2D eigenvalue weighted by atomic mass is 32.1. The molecule has 0 saturated carbocycles. The number of nitriles is 1. The summed E-state index contributed by atoms with van der Waals surface area (Å²) < 4.78 is 11.9. The Morgan fingerprint density at radius 3 is 3.12 bits per heavy atom. The van der Waals surface area contributed by atoms with E-state index < -0.39 is 6.10 Å². The zero-order valence-electron chi connectivity index (χ0n) is 14.8. The predicted molar refractivity (Wildman–Crippen MR) is 100.0 cm³/mol. The lowest BCUT2D eigenvalue weighted by molar-refractivity contribution is 0.0833. The molecule has 3 atom stereocenters. The maximum atomic E-state index is 10.1. The number of thiocarbonyl (C=S) groups is 1.